The molecule has 0 radical (unpaired) electrons. The third-order valence-corrected chi connectivity index (χ3v) is 6.25. The van der Waals surface area contributed by atoms with Gasteiger partial charge < -0.3 is 14.3 Å². The highest BCUT2D eigenvalue weighted by Gasteiger charge is 2.31. The van der Waals surface area contributed by atoms with Crippen LogP contribution in [0.4, 0.5) is 0 Å². The summed E-state index contributed by atoms with van der Waals surface area (Å²) in [5.74, 6) is 2.85. The molecular weight excluding hydrogens is 466 g/mol. The van der Waals surface area contributed by atoms with Crippen molar-refractivity contribution in [3.05, 3.63) is 101 Å². The molecule has 0 atom stereocenters. The second kappa shape index (κ2) is 11.3. The summed E-state index contributed by atoms with van der Waals surface area (Å²) in [6.45, 7) is 8.49. The minimum absolute atomic E-state index is 0.214. The second-order valence-corrected chi connectivity index (χ2v) is 9.18. The predicted molar refractivity (Wildman–Crippen MR) is 141 cm³/mol. The maximum absolute atomic E-state index is 6.42. The minimum atomic E-state index is 0.214. The minimum Gasteiger partial charge on any atom is -0.488 e. The fourth-order valence-corrected chi connectivity index (χ4v) is 4.24. The van der Waals surface area contributed by atoms with Crippen molar-refractivity contribution in [2.75, 3.05) is 13.1 Å². The van der Waals surface area contributed by atoms with Crippen molar-refractivity contribution in [1.82, 2.24) is 25.7 Å². The van der Waals surface area contributed by atoms with Gasteiger partial charge in [-0.2, -0.15) is 5.21 Å². The Labute approximate surface area is 216 Å². The molecule has 1 aliphatic rings. The summed E-state index contributed by atoms with van der Waals surface area (Å²) in [5, 5.41) is 16.6. The topological polar surface area (TPSA) is 85.4 Å². The lowest BCUT2D eigenvalue weighted by Crippen LogP contribution is -2.18. The lowest BCUT2D eigenvalue weighted by Gasteiger charge is -2.21. The van der Waals surface area contributed by atoms with E-state index in [0.29, 0.717) is 43.6 Å². The Morgan fingerprint density at radius 2 is 1.57 bits per heavy atom. The van der Waals surface area contributed by atoms with Crippen molar-refractivity contribution >= 4 is 11.3 Å². The number of benzene rings is 3. The molecule has 3 aromatic carbocycles. The fourth-order valence-electron chi connectivity index (χ4n) is 4.24. The Hall–Kier alpha value is -4.17. The van der Waals surface area contributed by atoms with Gasteiger partial charge in [0.15, 0.2) is 5.76 Å². The number of aromatic nitrogens is 4. The molecule has 0 aliphatic carbocycles. The van der Waals surface area contributed by atoms with Gasteiger partial charge in [0.05, 0.1) is 17.7 Å². The largest absolute Gasteiger partial charge is 0.488 e. The van der Waals surface area contributed by atoms with Crippen LogP contribution in [-0.2, 0) is 18.1 Å². The van der Waals surface area contributed by atoms with E-state index in [9.17, 15) is 0 Å². The van der Waals surface area contributed by atoms with Crippen molar-refractivity contribution < 1.29 is 14.3 Å². The molecule has 0 saturated carbocycles. The van der Waals surface area contributed by atoms with Crippen LogP contribution in [0.3, 0.4) is 0 Å². The average Bonchev–Trinajstić information content (AvgIpc) is 3.62. The first-order valence-electron chi connectivity index (χ1n) is 12.5. The summed E-state index contributed by atoms with van der Waals surface area (Å²) < 4.78 is 12.8. The first-order chi connectivity index (χ1) is 18.1. The number of hydroxylamine groups is 2. The number of hydrogen-bond donors (Lipinski definition) is 1. The molecule has 5 rings (SSSR count). The number of rotatable bonds is 10. The molecule has 0 spiro atoms. The van der Waals surface area contributed by atoms with Crippen LogP contribution < -0.4 is 9.47 Å². The number of H-pyrrole nitrogens is 1. The molecular formula is C29H31N5O3. The van der Waals surface area contributed by atoms with Crippen LogP contribution >= 0.6 is 0 Å². The molecule has 2 heterocycles. The molecule has 0 amide bonds. The van der Waals surface area contributed by atoms with E-state index in [-0.39, 0.29) is 5.92 Å². The van der Waals surface area contributed by atoms with E-state index < -0.39 is 0 Å². The molecule has 0 bridgehead atoms. The number of aromatic amines is 1. The van der Waals surface area contributed by atoms with Crippen LogP contribution in [0.2, 0.25) is 0 Å². The zero-order chi connectivity index (χ0) is 25.6. The van der Waals surface area contributed by atoms with Crippen molar-refractivity contribution in [1.29, 1.82) is 0 Å². The van der Waals surface area contributed by atoms with Crippen LogP contribution in [0.1, 0.15) is 54.8 Å². The molecule has 0 unspecified atom stereocenters. The molecule has 0 fully saturated rings. The third-order valence-electron chi connectivity index (χ3n) is 6.25. The molecule has 37 heavy (non-hydrogen) atoms. The number of hydrogen-bond acceptors (Lipinski definition) is 7. The standard InChI is InChI=1S/C29H31N5O3/c1-4-34-17-25(29-30-32-33-31-29)28(37-34)24-15-23(20(2)3)26(35-18-21-11-7-5-8-12-21)16-27(24)36-19-22-13-9-6-10-14-22/h5-16,20H,4,17-19H2,1-3H3,(H,30,31,32,33). The number of likely N-dealkylation sites (N-methyl/N-ethyl adjacent to an activating group) is 1. The maximum atomic E-state index is 6.42. The van der Waals surface area contributed by atoms with E-state index in [4.69, 9.17) is 14.3 Å². The van der Waals surface area contributed by atoms with Crippen LogP contribution in [0.25, 0.3) is 11.3 Å². The van der Waals surface area contributed by atoms with Gasteiger partial charge in [-0.25, -0.2) is 0 Å². The third kappa shape index (κ3) is 5.65. The Balaban J connectivity index is 1.58. The van der Waals surface area contributed by atoms with E-state index in [1.807, 2.05) is 66.6 Å². The number of ether oxygens (including phenoxy) is 2. The fraction of sp³-hybridized carbons (Fsp3) is 0.276. The Morgan fingerprint density at radius 3 is 2.14 bits per heavy atom. The van der Waals surface area contributed by atoms with Crippen molar-refractivity contribution in [2.45, 2.75) is 39.9 Å². The summed E-state index contributed by atoms with van der Waals surface area (Å²) in [5.41, 5.74) is 4.93. The maximum Gasteiger partial charge on any atom is 0.205 e. The quantitative estimate of drug-likeness (QED) is 0.304. The van der Waals surface area contributed by atoms with Gasteiger partial charge >= 0.3 is 0 Å². The lowest BCUT2D eigenvalue weighted by molar-refractivity contribution is -0.0557. The lowest BCUT2D eigenvalue weighted by atomic mass is 9.96. The van der Waals surface area contributed by atoms with Crippen LogP contribution in [-0.4, -0.2) is 38.8 Å². The molecule has 8 heteroatoms. The van der Waals surface area contributed by atoms with Crippen molar-refractivity contribution in [3.8, 4) is 11.5 Å². The Bertz CT molecular complexity index is 1340. The smallest absolute Gasteiger partial charge is 0.205 e. The molecule has 1 aliphatic heterocycles. The average molecular weight is 498 g/mol. The van der Waals surface area contributed by atoms with Gasteiger partial charge in [0.2, 0.25) is 5.82 Å². The highest BCUT2D eigenvalue weighted by atomic mass is 16.7. The Kier molecular flexibility index (Phi) is 7.46. The first kappa shape index (κ1) is 24.5. The number of nitrogens with one attached hydrogen (secondary N) is 1. The molecule has 8 nitrogen and oxygen atoms in total. The highest BCUT2D eigenvalue weighted by molar-refractivity contribution is 5.89. The van der Waals surface area contributed by atoms with E-state index in [0.717, 1.165) is 33.6 Å². The molecule has 190 valence electrons. The van der Waals surface area contributed by atoms with Gasteiger partial charge in [0, 0.05) is 12.6 Å². The summed E-state index contributed by atoms with van der Waals surface area (Å²) in [6, 6.07) is 24.3. The van der Waals surface area contributed by atoms with Gasteiger partial charge in [0.25, 0.3) is 0 Å². The monoisotopic (exact) mass is 497 g/mol. The van der Waals surface area contributed by atoms with E-state index in [1.165, 1.54) is 0 Å². The normalized spacial score (nSPS) is 13.7. The number of tetrazole rings is 1. The second-order valence-electron chi connectivity index (χ2n) is 9.18. The molecule has 1 N–H and O–H groups in total. The summed E-state index contributed by atoms with van der Waals surface area (Å²) in [4.78, 5) is 6.30. The Morgan fingerprint density at radius 1 is 0.919 bits per heavy atom. The highest BCUT2D eigenvalue weighted by Crippen LogP contribution is 2.42. The zero-order valence-electron chi connectivity index (χ0n) is 21.3. The van der Waals surface area contributed by atoms with E-state index in [2.05, 4.69) is 52.7 Å². The van der Waals surface area contributed by atoms with Gasteiger partial charge in [-0.1, -0.05) is 74.5 Å². The van der Waals surface area contributed by atoms with Gasteiger partial charge in [-0.3, -0.25) is 0 Å². The molecule has 0 saturated heterocycles. The van der Waals surface area contributed by atoms with Gasteiger partial charge in [0.1, 0.15) is 24.7 Å². The first-order valence-corrected chi connectivity index (χ1v) is 12.5. The van der Waals surface area contributed by atoms with Gasteiger partial charge in [-0.15, -0.1) is 15.3 Å². The van der Waals surface area contributed by atoms with Crippen LogP contribution in [0, 0.1) is 0 Å². The van der Waals surface area contributed by atoms with Crippen LogP contribution in [0.5, 0.6) is 11.5 Å². The zero-order valence-corrected chi connectivity index (χ0v) is 21.3. The SMILES string of the molecule is CCN1CC(c2nn[nH]n2)=C(c2cc(C(C)C)c(OCc3ccccc3)cc2OCc2ccccc2)O1. The molecule has 1 aromatic heterocycles. The van der Waals surface area contributed by atoms with Crippen molar-refractivity contribution in [3.63, 3.8) is 0 Å². The van der Waals surface area contributed by atoms with Crippen molar-refractivity contribution in [2.24, 2.45) is 0 Å². The predicted octanol–water partition coefficient (Wildman–Crippen LogP) is 5.62. The molecule has 4 aromatic rings. The van der Waals surface area contributed by atoms with Crippen LogP contribution in [0.15, 0.2) is 72.8 Å². The summed E-state index contributed by atoms with van der Waals surface area (Å²) in [7, 11) is 0. The summed E-state index contributed by atoms with van der Waals surface area (Å²) in [6.07, 6.45) is 0. The number of nitrogens with zero attached hydrogens (tertiary/aromatic N) is 4. The van der Waals surface area contributed by atoms with E-state index >= 15 is 0 Å². The van der Waals surface area contributed by atoms with Gasteiger partial charge in [-0.05, 0) is 40.8 Å². The van der Waals surface area contributed by atoms with E-state index in [1.54, 1.807) is 0 Å². The summed E-state index contributed by atoms with van der Waals surface area (Å²) >= 11 is 0.